The van der Waals surface area contributed by atoms with Crippen molar-refractivity contribution in [2.45, 2.75) is 77.0 Å². The topological polar surface area (TPSA) is 68.1 Å². The van der Waals surface area contributed by atoms with Crippen molar-refractivity contribution in [3.8, 4) is 0 Å². The molecule has 5 N–H and O–H groups in total. The second kappa shape index (κ2) is 19.2. The minimum atomic E-state index is 0. The van der Waals surface area contributed by atoms with Gasteiger partial charge in [0.15, 0.2) is 0 Å². The highest BCUT2D eigenvalue weighted by Gasteiger charge is 2.06. The molecule has 0 heterocycles. The first kappa shape index (κ1) is 22.5. The van der Waals surface area contributed by atoms with Gasteiger partial charge in [-0.1, -0.05) is 51.4 Å². The lowest BCUT2D eigenvalue weighted by Gasteiger charge is -2.13. The molecule has 0 atom stereocenters. The van der Waals surface area contributed by atoms with E-state index >= 15 is 0 Å². The number of hydrogen-bond donors (Lipinski definition) is 3. The van der Waals surface area contributed by atoms with E-state index in [0.29, 0.717) is 5.92 Å². The van der Waals surface area contributed by atoms with Crippen molar-refractivity contribution >= 4 is 0 Å². The summed E-state index contributed by atoms with van der Waals surface area (Å²) in [5, 5.41) is 17.9. The van der Waals surface area contributed by atoms with E-state index in [2.05, 4.69) is 5.73 Å². The number of unbranched alkanes of at least 4 members (excludes halogenated alkanes) is 8. The molecule has 0 aliphatic carbocycles. The lowest BCUT2D eigenvalue weighted by atomic mass is 9.94. The van der Waals surface area contributed by atoms with E-state index in [-0.39, 0.29) is 25.6 Å². The molecule has 0 rings (SSSR count). The Labute approximate surface area is 131 Å². The minimum Gasteiger partial charge on any atom is -1.00 e. The molecule has 0 amide bonds. The molecule has 0 saturated heterocycles. The molecule has 20 heavy (non-hydrogen) atoms. The third-order valence-electron chi connectivity index (χ3n) is 3.94. The number of halogens is 1. The summed E-state index contributed by atoms with van der Waals surface area (Å²) in [6.07, 6.45) is 15.0. The van der Waals surface area contributed by atoms with Crippen LogP contribution in [-0.4, -0.2) is 30.0 Å². The quantitative estimate of drug-likeness (QED) is 0.358. The van der Waals surface area contributed by atoms with Crippen molar-refractivity contribution in [1.82, 2.24) is 0 Å². The second-order valence-electron chi connectivity index (χ2n) is 5.71. The molecule has 0 unspecified atom stereocenters. The van der Waals surface area contributed by atoms with Crippen LogP contribution in [0.4, 0.5) is 0 Å². The average Bonchev–Trinajstić information content (AvgIpc) is 2.41. The maximum absolute atomic E-state index is 8.94. The van der Waals surface area contributed by atoms with Gasteiger partial charge in [-0.25, -0.2) is 0 Å². The lowest BCUT2D eigenvalue weighted by Crippen LogP contribution is -3.00. The van der Waals surface area contributed by atoms with Gasteiger partial charge in [0.25, 0.3) is 0 Å². The van der Waals surface area contributed by atoms with Crippen molar-refractivity contribution < 1.29 is 28.4 Å². The molecule has 124 valence electrons. The standard InChI is InChI=1S/C16H35NO2.ClH/c17-13-9-7-5-3-1-2-4-6-8-10-16(11-14-18)12-15-19;/h16,18-19H,1-15,17H2;1H. The highest BCUT2D eigenvalue weighted by atomic mass is 35.5. The number of quaternary nitrogens is 1. The zero-order valence-electron chi connectivity index (χ0n) is 13.2. The first-order valence-corrected chi connectivity index (χ1v) is 8.36. The third kappa shape index (κ3) is 16.2. The Kier molecular flexibility index (Phi) is 21.5. The monoisotopic (exact) mass is 309 g/mol. The molecule has 0 spiro atoms. The zero-order valence-corrected chi connectivity index (χ0v) is 13.9. The molecule has 0 aliphatic heterocycles. The fraction of sp³-hybridized carbons (Fsp3) is 1.00. The van der Waals surface area contributed by atoms with Crippen LogP contribution in [0, 0.1) is 5.92 Å². The molecule has 0 bridgehead atoms. The van der Waals surface area contributed by atoms with Gasteiger partial charge in [-0.2, -0.15) is 0 Å². The fourth-order valence-electron chi connectivity index (χ4n) is 2.65. The first-order valence-electron chi connectivity index (χ1n) is 8.36. The Bertz CT molecular complexity index is 165. The molecular formula is C16H36ClNO2. The van der Waals surface area contributed by atoms with Crippen molar-refractivity contribution in [2.75, 3.05) is 19.8 Å². The van der Waals surface area contributed by atoms with Gasteiger partial charge in [-0.3, -0.25) is 0 Å². The number of aliphatic hydroxyl groups excluding tert-OH is 2. The van der Waals surface area contributed by atoms with Crippen LogP contribution in [0.2, 0.25) is 0 Å². The van der Waals surface area contributed by atoms with Gasteiger partial charge < -0.3 is 28.4 Å². The molecule has 0 aromatic heterocycles. The Balaban J connectivity index is 0. The van der Waals surface area contributed by atoms with Gasteiger partial charge in [0.05, 0.1) is 6.54 Å². The van der Waals surface area contributed by atoms with E-state index in [1.165, 1.54) is 64.2 Å². The van der Waals surface area contributed by atoms with Crippen LogP contribution in [0.15, 0.2) is 0 Å². The van der Waals surface area contributed by atoms with E-state index in [9.17, 15) is 0 Å². The average molecular weight is 310 g/mol. The predicted molar refractivity (Wildman–Crippen MR) is 80.8 cm³/mol. The minimum absolute atomic E-state index is 0. The predicted octanol–water partition coefficient (Wildman–Crippen LogP) is -0.486. The van der Waals surface area contributed by atoms with Crippen molar-refractivity contribution in [2.24, 2.45) is 5.92 Å². The summed E-state index contributed by atoms with van der Waals surface area (Å²) >= 11 is 0. The van der Waals surface area contributed by atoms with E-state index in [0.717, 1.165) is 19.4 Å². The van der Waals surface area contributed by atoms with Crippen molar-refractivity contribution in [3.05, 3.63) is 0 Å². The largest absolute Gasteiger partial charge is 1.00 e. The van der Waals surface area contributed by atoms with Gasteiger partial charge in [0, 0.05) is 13.2 Å². The van der Waals surface area contributed by atoms with Gasteiger partial charge >= 0.3 is 0 Å². The smallest absolute Gasteiger partial charge is 0.0739 e. The summed E-state index contributed by atoms with van der Waals surface area (Å²) in [6, 6.07) is 0. The molecule has 0 saturated carbocycles. The Hall–Kier alpha value is 0.170. The summed E-state index contributed by atoms with van der Waals surface area (Å²) < 4.78 is 0. The molecule has 0 aliphatic rings. The Morgan fingerprint density at radius 2 is 1.00 bits per heavy atom. The second-order valence-corrected chi connectivity index (χ2v) is 5.71. The van der Waals surface area contributed by atoms with Crippen LogP contribution >= 0.6 is 0 Å². The summed E-state index contributed by atoms with van der Waals surface area (Å²) in [4.78, 5) is 0. The molecule has 0 aromatic rings. The third-order valence-corrected chi connectivity index (χ3v) is 3.94. The molecule has 0 aromatic carbocycles. The highest BCUT2D eigenvalue weighted by molar-refractivity contribution is 4.59. The molecule has 0 radical (unpaired) electrons. The fourth-order valence-corrected chi connectivity index (χ4v) is 2.65. The Morgan fingerprint density at radius 3 is 1.40 bits per heavy atom. The van der Waals surface area contributed by atoms with Crippen molar-refractivity contribution in [1.29, 1.82) is 0 Å². The van der Waals surface area contributed by atoms with Crippen LogP contribution in [0.5, 0.6) is 0 Å². The summed E-state index contributed by atoms with van der Waals surface area (Å²) in [5.74, 6) is 0.526. The Morgan fingerprint density at radius 1 is 0.600 bits per heavy atom. The zero-order chi connectivity index (χ0) is 14.2. The van der Waals surface area contributed by atoms with Crippen LogP contribution < -0.4 is 18.1 Å². The maximum Gasteiger partial charge on any atom is 0.0739 e. The maximum atomic E-state index is 8.94. The van der Waals surface area contributed by atoms with Crippen LogP contribution in [0.3, 0.4) is 0 Å². The van der Waals surface area contributed by atoms with E-state index in [1.54, 1.807) is 0 Å². The van der Waals surface area contributed by atoms with Gasteiger partial charge in [-0.05, 0) is 31.6 Å². The molecule has 4 heteroatoms. The SMILES string of the molecule is [Cl-].[NH3+]CCCCCCCCCCCC(CCO)CCO. The summed E-state index contributed by atoms with van der Waals surface area (Å²) in [7, 11) is 0. The highest BCUT2D eigenvalue weighted by Crippen LogP contribution is 2.18. The van der Waals surface area contributed by atoms with E-state index in [4.69, 9.17) is 10.2 Å². The van der Waals surface area contributed by atoms with Gasteiger partial charge in [-0.15, -0.1) is 0 Å². The molecule has 3 nitrogen and oxygen atoms in total. The van der Waals surface area contributed by atoms with Crippen LogP contribution in [0.25, 0.3) is 0 Å². The van der Waals surface area contributed by atoms with E-state index < -0.39 is 0 Å². The van der Waals surface area contributed by atoms with Gasteiger partial charge in [0.1, 0.15) is 0 Å². The number of aliphatic hydroxyl groups is 2. The normalized spacial score (nSPS) is 10.8. The molecule has 0 fully saturated rings. The number of hydrogen-bond acceptors (Lipinski definition) is 2. The van der Waals surface area contributed by atoms with Gasteiger partial charge in [0.2, 0.25) is 0 Å². The van der Waals surface area contributed by atoms with Crippen LogP contribution in [-0.2, 0) is 0 Å². The number of rotatable bonds is 15. The first-order chi connectivity index (χ1) is 9.35. The van der Waals surface area contributed by atoms with E-state index in [1.807, 2.05) is 0 Å². The molecular weight excluding hydrogens is 274 g/mol. The summed E-state index contributed by atoms with van der Waals surface area (Å²) in [6.45, 7) is 1.61. The lowest BCUT2D eigenvalue weighted by molar-refractivity contribution is -0.368. The van der Waals surface area contributed by atoms with Crippen LogP contribution in [0.1, 0.15) is 77.0 Å². The van der Waals surface area contributed by atoms with Crippen molar-refractivity contribution in [3.63, 3.8) is 0 Å². The summed E-state index contributed by atoms with van der Waals surface area (Å²) in [5.41, 5.74) is 3.86.